The predicted octanol–water partition coefficient (Wildman–Crippen LogP) is 1.45. The number of carbonyl (C=O) groups is 1. The fourth-order valence-corrected chi connectivity index (χ4v) is 4.02. The van der Waals surface area contributed by atoms with Crippen molar-refractivity contribution in [1.82, 2.24) is 4.31 Å². The molecule has 2 rings (SSSR count). The molecule has 0 radical (unpaired) electrons. The molecule has 1 N–H and O–H groups in total. The molecule has 1 atom stereocenters. The van der Waals surface area contributed by atoms with Gasteiger partial charge >= 0.3 is 5.97 Å². The van der Waals surface area contributed by atoms with Crippen LogP contribution in [0.4, 0.5) is 4.39 Å². The summed E-state index contributed by atoms with van der Waals surface area (Å²) < 4.78 is 39.0. The smallest absolute Gasteiger partial charge is 0.304 e. The molecular formula is C12H14FNO4S. The number of halogens is 1. The van der Waals surface area contributed by atoms with E-state index in [1.807, 2.05) is 0 Å². The molecule has 1 aliphatic rings. The maximum atomic E-state index is 13.1. The van der Waals surface area contributed by atoms with Crippen LogP contribution in [0.3, 0.4) is 0 Å². The predicted molar refractivity (Wildman–Crippen MR) is 65.6 cm³/mol. The number of hydrogen-bond donors (Lipinski definition) is 1. The maximum absolute atomic E-state index is 13.1. The van der Waals surface area contributed by atoms with E-state index in [0.29, 0.717) is 12.8 Å². The van der Waals surface area contributed by atoms with Crippen LogP contribution >= 0.6 is 0 Å². The number of nitrogens with zero attached hydrogens (tertiary/aromatic N) is 1. The number of benzene rings is 1. The summed E-state index contributed by atoms with van der Waals surface area (Å²) in [6.07, 6.45) is 0.905. The summed E-state index contributed by atoms with van der Waals surface area (Å²) in [5.41, 5.74) is 0. The topological polar surface area (TPSA) is 74.7 Å². The quantitative estimate of drug-likeness (QED) is 0.909. The molecule has 1 aliphatic heterocycles. The fourth-order valence-electron chi connectivity index (χ4n) is 2.29. The van der Waals surface area contributed by atoms with E-state index in [1.54, 1.807) is 0 Å². The lowest BCUT2D eigenvalue weighted by atomic mass is 10.2. The van der Waals surface area contributed by atoms with Crippen LogP contribution in [0.1, 0.15) is 19.3 Å². The molecular weight excluding hydrogens is 273 g/mol. The van der Waals surface area contributed by atoms with Crippen molar-refractivity contribution in [2.45, 2.75) is 30.2 Å². The lowest BCUT2D eigenvalue weighted by Crippen LogP contribution is -2.36. The van der Waals surface area contributed by atoms with Crippen molar-refractivity contribution in [3.05, 3.63) is 30.1 Å². The van der Waals surface area contributed by atoms with Crippen molar-refractivity contribution in [3.63, 3.8) is 0 Å². The molecule has 0 amide bonds. The van der Waals surface area contributed by atoms with Gasteiger partial charge in [-0.3, -0.25) is 4.79 Å². The zero-order chi connectivity index (χ0) is 14.0. The van der Waals surface area contributed by atoms with E-state index in [4.69, 9.17) is 5.11 Å². The van der Waals surface area contributed by atoms with Crippen LogP contribution in [0.15, 0.2) is 29.2 Å². The van der Waals surface area contributed by atoms with E-state index >= 15 is 0 Å². The number of aliphatic carboxylic acids is 1. The fraction of sp³-hybridized carbons (Fsp3) is 0.417. The summed E-state index contributed by atoms with van der Waals surface area (Å²) in [6.45, 7) is 0.275. The third kappa shape index (κ3) is 2.93. The van der Waals surface area contributed by atoms with Gasteiger partial charge in [0.05, 0.1) is 11.3 Å². The Labute approximate surface area is 110 Å². The van der Waals surface area contributed by atoms with Crippen molar-refractivity contribution >= 4 is 16.0 Å². The SMILES string of the molecule is O=C(O)CC1CCCN1S(=O)(=O)c1cccc(F)c1. The van der Waals surface area contributed by atoms with E-state index in [2.05, 4.69) is 0 Å². The van der Waals surface area contributed by atoms with E-state index in [1.165, 1.54) is 12.1 Å². The minimum absolute atomic E-state index is 0.134. The normalized spacial score (nSPS) is 20.6. The van der Waals surface area contributed by atoms with Gasteiger partial charge in [-0.15, -0.1) is 0 Å². The molecule has 1 aromatic carbocycles. The van der Waals surface area contributed by atoms with Crippen molar-refractivity contribution < 1.29 is 22.7 Å². The molecule has 0 aliphatic carbocycles. The van der Waals surface area contributed by atoms with Crippen LogP contribution in [-0.2, 0) is 14.8 Å². The number of sulfonamides is 1. The summed E-state index contributed by atoms with van der Waals surface area (Å²) >= 11 is 0. The van der Waals surface area contributed by atoms with Gasteiger partial charge < -0.3 is 5.11 Å². The average molecular weight is 287 g/mol. The van der Waals surface area contributed by atoms with Crippen LogP contribution in [0.2, 0.25) is 0 Å². The second kappa shape index (κ2) is 5.26. The van der Waals surface area contributed by atoms with E-state index < -0.39 is 27.9 Å². The first-order chi connectivity index (χ1) is 8.91. The first kappa shape index (κ1) is 14.0. The summed E-state index contributed by atoms with van der Waals surface area (Å²) in [4.78, 5) is 10.6. The molecule has 1 saturated heterocycles. The van der Waals surface area contributed by atoms with Crippen LogP contribution in [0.5, 0.6) is 0 Å². The Morgan fingerprint density at radius 2 is 2.21 bits per heavy atom. The van der Waals surface area contributed by atoms with Gasteiger partial charge in [0.25, 0.3) is 0 Å². The second-order valence-electron chi connectivity index (χ2n) is 4.47. The molecule has 5 nitrogen and oxygen atoms in total. The van der Waals surface area contributed by atoms with Crippen LogP contribution in [-0.4, -0.2) is 36.4 Å². The highest BCUT2D eigenvalue weighted by atomic mass is 32.2. The Morgan fingerprint density at radius 1 is 1.47 bits per heavy atom. The number of rotatable bonds is 4. The Morgan fingerprint density at radius 3 is 2.84 bits per heavy atom. The van der Waals surface area contributed by atoms with E-state index in [9.17, 15) is 17.6 Å². The van der Waals surface area contributed by atoms with Crippen LogP contribution in [0, 0.1) is 5.82 Å². The van der Waals surface area contributed by atoms with Crippen molar-refractivity contribution in [2.75, 3.05) is 6.54 Å². The summed E-state index contributed by atoms with van der Waals surface area (Å²) in [6, 6.07) is 4.20. The van der Waals surface area contributed by atoms with Crippen LogP contribution < -0.4 is 0 Å². The molecule has 1 heterocycles. The minimum Gasteiger partial charge on any atom is -0.481 e. The Hall–Kier alpha value is -1.47. The number of carboxylic acids is 1. The Bertz CT molecular complexity index is 587. The molecule has 0 saturated carbocycles. The van der Waals surface area contributed by atoms with Crippen molar-refractivity contribution in [3.8, 4) is 0 Å². The van der Waals surface area contributed by atoms with Gasteiger partial charge in [-0.05, 0) is 31.0 Å². The molecule has 0 spiro atoms. The average Bonchev–Trinajstić information content (AvgIpc) is 2.77. The molecule has 7 heteroatoms. The Balaban J connectivity index is 2.31. The van der Waals surface area contributed by atoms with E-state index in [-0.39, 0.29) is 17.9 Å². The lowest BCUT2D eigenvalue weighted by Gasteiger charge is -2.22. The monoisotopic (exact) mass is 287 g/mol. The van der Waals surface area contributed by atoms with Gasteiger partial charge in [0, 0.05) is 12.6 Å². The highest BCUT2D eigenvalue weighted by Gasteiger charge is 2.36. The van der Waals surface area contributed by atoms with Gasteiger partial charge in [0.1, 0.15) is 5.82 Å². The lowest BCUT2D eigenvalue weighted by molar-refractivity contribution is -0.137. The molecule has 19 heavy (non-hydrogen) atoms. The minimum atomic E-state index is -3.83. The summed E-state index contributed by atoms with van der Waals surface area (Å²) in [5.74, 6) is -1.67. The van der Waals surface area contributed by atoms with E-state index in [0.717, 1.165) is 16.4 Å². The molecule has 1 aromatic rings. The highest BCUT2D eigenvalue weighted by Crippen LogP contribution is 2.28. The van der Waals surface area contributed by atoms with Crippen LogP contribution in [0.25, 0.3) is 0 Å². The first-order valence-electron chi connectivity index (χ1n) is 5.90. The maximum Gasteiger partial charge on any atom is 0.304 e. The highest BCUT2D eigenvalue weighted by molar-refractivity contribution is 7.89. The molecule has 0 aromatic heterocycles. The summed E-state index contributed by atoms with van der Waals surface area (Å²) in [7, 11) is -3.83. The van der Waals surface area contributed by atoms with Gasteiger partial charge in [-0.2, -0.15) is 4.31 Å². The number of hydrogen-bond acceptors (Lipinski definition) is 3. The first-order valence-corrected chi connectivity index (χ1v) is 7.34. The second-order valence-corrected chi connectivity index (χ2v) is 6.36. The third-order valence-electron chi connectivity index (χ3n) is 3.14. The zero-order valence-corrected chi connectivity index (χ0v) is 10.9. The van der Waals surface area contributed by atoms with Gasteiger partial charge in [-0.1, -0.05) is 6.07 Å². The third-order valence-corrected chi connectivity index (χ3v) is 5.08. The van der Waals surface area contributed by atoms with Gasteiger partial charge in [0.2, 0.25) is 10.0 Å². The van der Waals surface area contributed by atoms with Crippen molar-refractivity contribution in [2.24, 2.45) is 0 Å². The summed E-state index contributed by atoms with van der Waals surface area (Å²) in [5, 5.41) is 8.79. The molecule has 104 valence electrons. The zero-order valence-electron chi connectivity index (χ0n) is 10.1. The molecule has 1 unspecified atom stereocenters. The standard InChI is InChI=1S/C12H14FNO4S/c13-9-3-1-5-11(7-9)19(17,18)14-6-2-4-10(14)8-12(15)16/h1,3,5,7,10H,2,4,6,8H2,(H,15,16). The van der Waals surface area contributed by atoms with Crippen molar-refractivity contribution in [1.29, 1.82) is 0 Å². The molecule has 1 fully saturated rings. The largest absolute Gasteiger partial charge is 0.481 e. The Kier molecular flexibility index (Phi) is 3.86. The van der Waals surface area contributed by atoms with Gasteiger partial charge in [0.15, 0.2) is 0 Å². The number of carboxylic acid groups (broad SMARTS) is 1. The molecule has 0 bridgehead atoms. The van der Waals surface area contributed by atoms with Gasteiger partial charge in [-0.25, -0.2) is 12.8 Å².